The minimum atomic E-state index is -0.842. The lowest BCUT2D eigenvalue weighted by atomic mass is 10.0. The number of amides is 1. The van der Waals surface area contributed by atoms with Gasteiger partial charge in [0.05, 0.1) is 6.54 Å². The molecule has 0 radical (unpaired) electrons. The van der Waals surface area contributed by atoms with E-state index < -0.39 is 6.09 Å². The van der Waals surface area contributed by atoms with Crippen molar-refractivity contribution in [1.29, 1.82) is 0 Å². The predicted octanol–water partition coefficient (Wildman–Crippen LogP) is 4.25. The normalized spacial score (nSPS) is 15.1. The van der Waals surface area contributed by atoms with Crippen LogP contribution in [0, 0.1) is 0 Å². The van der Waals surface area contributed by atoms with Crippen molar-refractivity contribution in [1.82, 2.24) is 10.2 Å². The fourth-order valence-electron chi connectivity index (χ4n) is 3.11. The molecular formula is C19H28N2O2. The van der Waals surface area contributed by atoms with Crippen LogP contribution in [0.5, 0.6) is 0 Å². The third-order valence-corrected chi connectivity index (χ3v) is 4.40. The largest absolute Gasteiger partial charge is 0.465 e. The van der Waals surface area contributed by atoms with Gasteiger partial charge in [-0.25, -0.2) is 4.79 Å². The van der Waals surface area contributed by atoms with Gasteiger partial charge in [-0.2, -0.15) is 0 Å². The second-order valence-corrected chi connectivity index (χ2v) is 6.27. The van der Waals surface area contributed by atoms with Crippen LogP contribution in [-0.2, 0) is 13.1 Å². The Balaban J connectivity index is 1.81. The quantitative estimate of drug-likeness (QED) is 0.705. The minimum absolute atomic E-state index is 0.505. The van der Waals surface area contributed by atoms with Crippen LogP contribution in [0.2, 0.25) is 0 Å². The lowest BCUT2D eigenvalue weighted by Crippen LogP contribution is -2.25. The molecule has 2 N–H and O–H groups in total. The topological polar surface area (TPSA) is 52.6 Å². The van der Waals surface area contributed by atoms with Crippen molar-refractivity contribution in [3.63, 3.8) is 0 Å². The highest BCUT2D eigenvalue weighted by molar-refractivity contribution is 5.68. The number of unbranched alkanes of at least 4 members (excludes halogenated alkanes) is 2. The van der Waals surface area contributed by atoms with Gasteiger partial charge in [-0.15, -0.1) is 0 Å². The first-order valence-electron chi connectivity index (χ1n) is 8.60. The lowest BCUT2D eigenvalue weighted by molar-refractivity contribution is 0.145. The molecule has 23 heavy (non-hydrogen) atoms. The van der Waals surface area contributed by atoms with Gasteiger partial charge in [0.1, 0.15) is 0 Å². The first-order chi connectivity index (χ1) is 11.1. The van der Waals surface area contributed by atoms with Gasteiger partial charge >= 0.3 is 6.09 Å². The Labute approximate surface area is 139 Å². The second kappa shape index (κ2) is 8.73. The van der Waals surface area contributed by atoms with Crippen molar-refractivity contribution >= 4 is 12.2 Å². The zero-order valence-electron chi connectivity index (χ0n) is 14.2. The predicted molar refractivity (Wildman–Crippen MR) is 94.4 cm³/mol. The Hall–Kier alpha value is -1.81. The summed E-state index contributed by atoms with van der Waals surface area (Å²) < 4.78 is 0. The highest BCUT2D eigenvalue weighted by Gasteiger charge is 2.23. The monoisotopic (exact) mass is 316 g/mol. The first kappa shape index (κ1) is 17.5. The van der Waals surface area contributed by atoms with Gasteiger partial charge in [-0.3, -0.25) is 4.90 Å². The van der Waals surface area contributed by atoms with Gasteiger partial charge < -0.3 is 10.4 Å². The van der Waals surface area contributed by atoms with Crippen LogP contribution in [0.4, 0.5) is 4.79 Å². The molecular weight excluding hydrogens is 288 g/mol. The Bertz CT molecular complexity index is 554. The molecule has 0 saturated carbocycles. The average molecular weight is 316 g/mol. The van der Waals surface area contributed by atoms with Crippen LogP contribution in [0.15, 0.2) is 24.3 Å². The third kappa shape index (κ3) is 5.10. The number of hydrogen-bond donors (Lipinski definition) is 2. The maximum Gasteiger partial charge on any atom is 0.407 e. The number of hydrogen-bond acceptors (Lipinski definition) is 2. The van der Waals surface area contributed by atoms with E-state index in [2.05, 4.69) is 37.4 Å². The number of carbonyl (C=O) groups is 1. The van der Waals surface area contributed by atoms with Gasteiger partial charge in [-0.1, -0.05) is 43.7 Å². The minimum Gasteiger partial charge on any atom is -0.465 e. The molecule has 126 valence electrons. The van der Waals surface area contributed by atoms with Crippen LogP contribution >= 0.6 is 0 Å². The fourth-order valence-corrected chi connectivity index (χ4v) is 3.11. The Kier molecular flexibility index (Phi) is 6.66. The summed E-state index contributed by atoms with van der Waals surface area (Å²) in [5.74, 6) is 0. The zero-order chi connectivity index (χ0) is 16.7. The van der Waals surface area contributed by atoms with E-state index in [1.165, 1.54) is 24.2 Å². The summed E-state index contributed by atoms with van der Waals surface area (Å²) >= 11 is 0. The lowest BCUT2D eigenvalue weighted by Gasteiger charge is -2.10. The van der Waals surface area contributed by atoms with E-state index in [0.29, 0.717) is 19.1 Å². The molecule has 0 aliphatic carbocycles. The molecule has 1 atom stereocenters. The molecule has 0 saturated heterocycles. The van der Waals surface area contributed by atoms with Crippen LogP contribution < -0.4 is 5.32 Å². The van der Waals surface area contributed by atoms with Gasteiger partial charge in [-0.05, 0) is 49.4 Å². The number of carboxylic acid groups (broad SMARTS) is 1. The highest BCUT2D eigenvalue weighted by atomic mass is 16.4. The van der Waals surface area contributed by atoms with E-state index in [-0.39, 0.29) is 0 Å². The number of fused-ring (bicyclic) bond motifs is 1. The smallest absolute Gasteiger partial charge is 0.407 e. The summed E-state index contributed by atoms with van der Waals surface area (Å²) in [5.41, 5.74) is 3.45. The summed E-state index contributed by atoms with van der Waals surface area (Å²) in [6.45, 7) is 6.43. The molecule has 4 nitrogen and oxygen atoms in total. The van der Waals surface area contributed by atoms with Crippen molar-refractivity contribution in [2.24, 2.45) is 0 Å². The molecule has 2 rings (SSSR count). The van der Waals surface area contributed by atoms with Crippen molar-refractivity contribution < 1.29 is 9.90 Å². The van der Waals surface area contributed by atoms with E-state index >= 15 is 0 Å². The maximum atomic E-state index is 11.1. The van der Waals surface area contributed by atoms with E-state index in [4.69, 9.17) is 5.11 Å². The van der Waals surface area contributed by atoms with Gasteiger partial charge in [0.2, 0.25) is 0 Å². The molecule has 0 bridgehead atoms. The van der Waals surface area contributed by atoms with Crippen LogP contribution in [-0.4, -0.2) is 28.7 Å². The number of nitrogens with one attached hydrogen (secondary N) is 1. The number of benzene rings is 1. The summed E-state index contributed by atoms with van der Waals surface area (Å²) in [5, 5.41) is 12.6. The molecule has 0 aromatic heterocycles. The second-order valence-electron chi connectivity index (χ2n) is 6.27. The van der Waals surface area contributed by atoms with Gasteiger partial charge in [0.15, 0.2) is 0 Å². The molecule has 1 aromatic rings. The van der Waals surface area contributed by atoms with Crippen molar-refractivity contribution in [3.8, 4) is 0 Å². The zero-order valence-corrected chi connectivity index (χ0v) is 14.2. The van der Waals surface area contributed by atoms with E-state index in [1.54, 1.807) is 0 Å². The molecule has 0 fully saturated rings. The Morgan fingerprint density at radius 2 is 2.22 bits per heavy atom. The highest BCUT2D eigenvalue weighted by Crippen LogP contribution is 2.27. The van der Waals surface area contributed by atoms with Crippen LogP contribution in [0.1, 0.15) is 56.2 Å². The molecule has 1 amide bonds. The molecule has 1 aliphatic rings. The van der Waals surface area contributed by atoms with Crippen molar-refractivity contribution in [3.05, 3.63) is 41.0 Å². The maximum absolute atomic E-state index is 11.1. The van der Waals surface area contributed by atoms with Crippen LogP contribution in [0.3, 0.4) is 0 Å². The Morgan fingerprint density at radius 3 is 2.96 bits per heavy atom. The summed E-state index contributed by atoms with van der Waals surface area (Å²) in [4.78, 5) is 12.6. The number of allylic oxidation sites excluding steroid dienone is 1. The molecule has 1 aromatic carbocycles. The average Bonchev–Trinajstić information content (AvgIpc) is 2.96. The molecule has 1 heterocycles. The third-order valence-electron chi connectivity index (χ3n) is 4.40. The van der Waals surface area contributed by atoms with E-state index in [0.717, 1.165) is 29.7 Å². The SMILES string of the molecule is CCNC(C)CCCC/C=C/c1cccc2c1CN(C(=O)O)C2. The number of nitrogens with zero attached hydrogens (tertiary/aromatic N) is 1. The summed E-state index contributed by atoms with van der Waals surface area (Å²) in [6, 6.07) is 6.72. The number of rotatable bonds is 8. The van der Waals surface area contributed by atoms with Crippen molar-refractivity contribution in [2.75, 3.05) is 6.54 Å². The molecule has 1 unspecified atom stereocenters. The van der Waals surface area contributed by atoms with Gasteiger partial charge in [0.25, 0.3) is 0 Å². The van der Waals surface area contributed by atoms with Gasteiger partial charge in [0, 0.05) is 12.6 Å². The van der Waals surface area contributed by atoms with Crippen molar-refractivity contribution in [2.45, 2.75) is 58.7 Å². The molecule has 1 aliphatic heterocycles. The summed E-state index contributed by atoms with van der Waals surface area (Å²) in [6.07, 6.45) is 8.25. The standard InChI is InChI=1S/C19H28N2O2/c1-3-20-15(2)9-6-4-5-7-10-16-11-8-12-17-13-21(19(22)23)14-18(16)17/h7-8,10-12,15,20H,3-6,9,13-14H2,1-2H3,(H,22,23)/b10-7+. The van der Waals surface area contributed by atoms with Crippen LogP contribution in [0.25, 0.3) is 6.08 Å². The summed E-state index contributed by atoms with van der Waals surface area (Å²) in [7, 11) is 0. The fraction of sp³-hybridized carbons (Fsp3) is 0.526. The first-order valence-corrected chi connectivity index (χ1v) is 8.60. The van der Waals surface area contributed by atoms with E-state index in [9.17, 15) is 4.79 Å². The molecule has 4 heteroatoms. The Morgan fingerprint density at radius 1 is 1.39 bits per heavy atom. The molecule has 0 spiro atoms. The van der Waals surface area contributed by atoms with E-state index in [1.807, 2.05) is 12.1 Å².